The normalized spacial score (nSPS) is 12.6. The third-order valence-electron chi connectivity index (χ3n) is 4.74. The molecule has 1 N–H and O–H groups in total. The lowest BCUT2D eigenvalue weighted by molar-refractivity contribution is 0.0671. The Morgan fingerprint density at radius 1 is 1.03 bits per heavy atom. The Morgan fingerprint density at radius 3 is 2.28 bits per heavy atom. The lowest BCUT2D eigenvalue weighted by Crippen LogP contribution is -2.29. The predicted octanol–water partition coefficient (Wildman–Crippen LogP) is 2.10. The van der Waals surface area contributed by atoms with Crippen molar-refractivity contribution in [3.05, 3.63) is 82.9 Å². The third kappa shape index (κ3) is 3.80. The van der Waals surface area contributed by atoms with Gasteiger partial charge in [-0.05, 0) is 35.9 Å². The highest BCUT2D eigenvalue weighted by atomic mass is 16.2. The van der Waals surface area contributed by atoms with Gasteiger partial charge in [-0.2, -0.15) is 0 Å². The van der Waals surface area contributed by atoms with E-state index >= 15 is 0 Å². The molecule has 1 aliphatic rings. The van der Waals surface area contributed by atoms with Gasteiger partial charge in [-0.3, -0.25) is 24.1 Å². The van der Waals surface area contributed by atoms with Crippen LogP contribution in [0.1, 0.15) is 47.0 Å². The number of nitrogens with zero attached hydrogens (tertiary/aromatic N) is 2. The number of nitrogens with one attached hydrogen (secondary N) is 1. The molecule has 0 radical (unpaired) electrons. The van der Waals surface area contributed by atoms with Crippen LogP contribution >= 0.6 is 0 Å². The summed E-state index contributed by atoms with van der Waals surface area (Å²) in [5.41, 5.74) is 2.25. The molecule has 1 aliphatic heterocycles. The number of amides is 4. The van der Waals surface area contributed by atoms with Crippen LogP contribution in [0.5, 0.6) is 0 Å². The lowest BCUT2D eigenvalue weighted by atomic mass is 10.0. The Bertz CT molecular complexity index is 1010. The van der Waals surface area contributed by atoms with Gasteiger partial charge in [0.1, 0.15) is 0 Å². The molecule has 7 heteroatoms. The van der Waals surface area contributed by atoms with E-state index in [0.717, 1.165) is 10.5 Å². The zero-order valence-corrected chi connectivity index (χ0v) is 16.3. The van der Waals surface area contributed by atoms with Crippen molar-refractivity contribution in [1.82, 2.24) is 15.1 Å². The third-order valence-corrected chi connectivity index (χ3v) is 4.74. The maximum Gasteiger partial charge on any atom is 0.261 e. The Morgan fingerprint density at radius 2 is 1.66 bits per heavy atom. The molecule has 29 heavy (non-hydrogen) atoms. The minimum Gasteiger partial charge on any atom is -0.355 e. The summed E-state index contributed by atoms with van der Waals surface area (Å²) >= 11 is 0. The summed E-state index contributed by atoms with van der Waals surface area (Å²) < 4.78 is 0. The van der Waals surface area contributed by atoms with Crippen LogP contribution in [0, 0.1) is 0 Å². The number of rotatable bonds is 6. The first-order chi connectivity index (χ1) is 13.9. The van der Waals surface area contributed by atoms with Crippen molar-refractivity contribution in [3.8, 4) is 0 Å². The lowest BCUT2D eigenvalue weighted by Gasteiger charge is -2.18. The van der Waals surface area contributed by atoms with Crippen molar-refractivity contribution in [2.45, 2.75) is 6.54 Å². The van der Waals surface area contributed by atoms with Crippen molar-refractivity contribution >= 4 is 23.6 Å². The summed E-state index contributed by atoms with van der Waals surface area (Å²) in [6.45, 7) is 4.01. The second kappa shape index (κ2) is 8.10. The highest BCUT2D eigenvalue weighted by Gasteiger charge is 2.35. The van der Waals surface area contributed by atoms with E-state index in [4.69, 9.17) is 0 Å². The Kier molecular flexibility index (Phi) is 5.59. The van der Waals surface area contributed by atoms with E-state index in [0.29, 0.717) is 23.2 Å². The molecule has 0 aromatic heterocycles. The maximum absolute atomic E-state index is 12.8. The minimum atomic E-state index is -0.424. The van der Waals surface area contributed by atoms with E-state index in [9.17, 15) is 19.2 Å². The summed E-state index contributed by atoms with van der Waals surface area (Å²) in [6.07, 6.45) is 1.48. The van der Waals surface area contributed by atoms with E-state index in [1.165, 1.54) is 23.1 Å². The van der Waals surface area contributed by atoms with Gasteiger partial charge in [0, 0.05) is 38.3 Å². The molecule has 3 rings (SSSR count). The molecule has 0 aliphatic carbocycles. The molecule has 0 atom stereocenters. The SMILES string of the molecule is C=CCN1C(=O)c2ccc(C(=O)N(C)Cc3ccc(C(=O)NC)cc3)cc2C1=O. The van der Waals surface area contributed by atoms with Gasteiger partial charge in [-0.1, -0.05) is 18.2 Å². The molecule has 1 heterocycles. The van der Waals surface area contributed by atoms with Crippen molar-refractivity contribution in [3.63, 3.8) is 0 Å². The van der Waals surface area contributed by atoms with E-state index in [1.807, 2.05) is 0 Å². The molecular weight excluding hydrogens is 370 g/mol. The molecule has 0 bridgehead atoms. The van der Waals surface area contributed by atoms with E-state index in [1.54, 1.807) is 44.4 Å². The summed E-state index contributed by atoms with van der Waals surface area (Å²) in [7, 11) is 3.22. The summed E-state index contributed by atoms with van der Waals surface area (Å²) in [6, 6.07) is 11.5. The number of carbonyl (C=O) groups is 4. The molecule has 0 saturated heterocycles. The second-order valence-corrected chi connectivity index (χ2v) is 6.71. The van der Waals surface area contributed by atoms with Crippen LogP contribution in [0.2, 0.25) is 0 Å². The van der Waals surface area contributed by atoms with Crippen LogP contribution < -0.4 is 5.32 Å². The van der Waals surface area contributed by atoms with Gasteiger partial charge in [0.2, 0.25) is 0 Å². The molecule has 148 valence electrons. The number of hydrogen-bond acceptors (Lipinski definition) is 4. The van der Waals surface area contributed by atoms with Crippen LogP contribution in [0.3, 0.4) is 0 Å². The zero-order valence-electron chi connectivity index (χ0n) is 16.3. The Hall–Kier alpha value is -3.74. The van der Waals surface area contributed by atoms with Gasteiger partial charge in [-0.15, -0.1) is 6.58 Å². The summed E-state index contributed by atoms with van der Waals surface area (Å²) in [5.74, 6) is -1.25. The van der Waals surface area contributed by atoms with Crippen molar-refractivity contribution in [2.24, 2.45) is 0 Å². The summed E-state index contributed by atoms with van der Waals surface area (Å²) in [5, 5.41) is 2.56. The molecule has 2 aromatic carbocycles. The van der Waals surface area contributed by atoms with Crippen molar-refractivity contribution in [2.75, 3.05) is 20.6 Å². The highest BCUT2D eigenvalue weighted by Crippen LogP contribution is 2.24. The van der Waals surface area contributed by atoms with Crippen molar-refractivity contribution < 1.29 is 19.2 Å². The zero-order chi connectivity index (χ0) is 21.1. The first-order valence-corrected chi connectivity index (χ1v) is 9.05. The van der Waals surface area contributed by atoms with E-state index < -0.39 is 5.91 Å². The molecule has 0 spiro atoms. The molecule has 0 saturated carbocycles. The number of hydrogen-bond donors (Lipinski definition) is 1. The van der Waals surface area contributed by atoms with Crippen LogP contribution in [0.25, 0.3) is 0 Å². The maximum atomic E-state index is 12.8. The largest absolute Gasteiger partial charge is 0.355 e. The minimum absolute atomic E-state index is 0.127. The van der Waals surface area contributed by atoms with Crippen LogP contribution in [0.15, 0.2) is 55.1 Å². The molecular formula is C22H21N3O4. The fraction of sp³-hybridized carbons (Fsp3) is 0.182. The average molecular weight is 391 g/mol. The van der Waals surface area contributed by atoms with Crippen molar-refractivity contribution in [1.29, 1.82) is 0 Å². The number of imide groups is 1. The highest BCUT2D eigenvalue weighted by molar-refractivity contribution is 6.22. The van der Waals surface area contributed by atoms with Gasteiger partial charge in [-0.25, -0.2) is 0 Å². The van der Waals surface area contributed by atoms with Gasteiger partial charge >= 0.3 is 0 Å². The van der Waals surface area contributed by atoms with Gasteiger partial charge in [0.15, 0.2) is 0 Å². The molecule has 7 nitrogen and oxygen atoms in total. The molecule has 2 aromatic rings. The fourth-order valence-electron chi connectivity index (χ4n) is 3.19. The van der Waals surface area contributed by atoms with Gasteiger partial charge in [0.25, 0.3) is 23.6 Å². The first-order valence-electron chi connectivity index (χ1n) is 9.05. The van der Waals surface area contributed by atoms with Crippen LogP contribution in [-0.2, 0) is 6.54 Å². The van der Waals surface area contributed by atoms with Crippen LogP contribution in [0.4, 0.5) is 0 Å². The number of carbonyl (C=O) groups excluding carboxylic acids is 4. The van der Waals surface area contributed by atoms with Crippen LogP contribution in [-0.4, -0.2) is 54.1 Å². The average Bonchev–Trinajstić information content (AvgIpc) is 2.97. The number of benzene rings is 2. The van der Waals surface area contributed by atoms with E-state index in [2.05, 4.69) is 11.9 Å². The quantitative estimate of drug-likeness (QED) is 0.604. The fourth-order valence-corrected chi connectivity index (χ4v) is 3.19. The Balaban J connectivity index is 1.76. The monoisotopic (exact) mass is 391 g/mol. The topological polar surface area (TPSA) is 86.8 Å². The second-order valence-electron chi connectivity index (χ2n) is 6.71. The van der Waals surface area contributed by atoms with Gasteiger partial charge in [0.05, 0.1) is 11.1 Å². The summed E-state index contributed by atoms with van der Waals surface area (Å²) in [4.78, 5) is 51.8. The predicted molar refractivity (Wildman–Crippen MR) is 108 cm³/mol. The van der Waals surface area contributed by atoms with Gasteiger partial charge < -0.3 is 10.2 Å². The number of fused-ring (bicyclic) bond motifs is 1. The Labute approximate surface area is 168 Å². The first kappa shape index (κ1) is 20.0. The molecule has 0 fully saturated rings. The smallest absolute Gasteiger partial charge is 0.261 e. The molecule has 0 unspecified atom stereocenters. The van der Waals surface area contributed by atoms with E-state index in [-0.39, 0.29) is 29.8 Å². The molecule has 4 amide bonds. The standard InChI is InChI=1S/C22H21N3O4/c1-4-11-25-21(28)17-10-9-16(12-18(17)22(25)29)20(27)24(3)13-14-5-7-15(8-6-14)19(26)23-2/h4-10,12H,1,11,13H2,2-3H3,(H,23,26).